The number of rotatable bonds is 0. The molecule has 0 N–H and O–H groups in total. The maximum absolute atomic E-state index is 4.12. The van der Waals surface area contributed by atoms with E-state index < -0.39 is 0 Å². The van der Waals surface area contributed by atoms with Crippen LogP contribution in [0.5, 0.6) is 0 Å². The van der Waals surface area contributed by atoms with Crippen molar-refractivity contribution in [2.45, 2.75) is 19.9 Å². The van der Waals surface area contributed by atoms with E-state index >= 15 is 0 Å². The van der Waals surface area contributed by atoms with E-state index in [-0.39, 0.29) is 0 Å². The maximum Gasteiger partial charge on any atom is 0.0910 e. The standard InChI is InChI=1S/C7H12N2/c1-6-4-7(2)9(3)5-8-6/h4-5,7H,1-3H3. The molecule has 1 aliphatic rings. The molecule has 1 heterocycles. The van der Waals surface area contributed by atoms with Gasteiger partial charge in [0.1, 0.15) is 0 Å². The lowest BCUT2D eigenvalue weighted by molar-refractivity contribution is 0.456. The Bertz CT molecular complexity index is 158. The van der Waals surface area contributed by atoms with E-state index in [4.69, 9.17) is 0 Å². The van der Waals surface area contributed by atoms with Crippen molar-refractivity contribution in [1.82, 2.24) is 4.90 Å². The Morgan fingerprint density at radius 3 is 2.78 bits per heavy atom. The molecule has 0 saturated heterocycles. The largest absolute Gasteiger partial charge is 0.359 e. The van der Waals surface area contributed by atoms with E-state index in [2.05, 4.69) is 22.9 Å². The van der Waals surface area contributed by atoms with Crippen LogP contribution in [0.3, 0.4) is 0 Å². The zero-order valence-corrected chi connectivity index (χ0v) is 6.13. The van der Waals surface area contributed by atoms with E-state index in [1.165, 1.54) is 0 Å². The van der Waals surface area contributed by atoms with Crippen LogP contribution in [0.2, 0.25) is 0 Å². The second-order valence-electron chi connectivity index (χ2n) is 2.46. The Hall–Kier alpha value is -0.790. The molecule has 0 amide bonds. The summed E-state index contributed by atoms with van der Waals surface area (Å²) >= 11 is 0. The van der Waals surface area contributed by atoms with E-state index in [1.54, 1.807) is 0 Å². The van der Waals surface area contributed by atoms with E-state index in [9.17, 15) is 0 Å². The molecule has 50 valence electrons. The molecular formula is C7H12N2. The van der Waals surface area contributed by atoms with Crippen molar-refractivity contribution < 1.29 is 0 Å². The summed E-state index contributed by atoms with van der Waals surface area (Å²) in [5.74, 6) is 0. The summed E-state index contributed by atoms with van der Waals surface area (Å²) in [6.45, 7) is 4.16. The monoisotopic (exact) mass is 124 g/mol. The van der Waals surface area contributed by atoms with Crippen LogP contribution < -0.4 is 0 Å². The Kier molecular flexibility index (Phi) is 1.56. The van der Waals surface area contributed by atoms with Gasteiger partial charge in [0.25, 0.3) is 0 Å². The highest BCUT2D eigenvalue weighted by Gasteiger charge is 2.05. The molecule has 1 unspecified atom stereocenters. The fourth-order valence-electron chi connectivity index (χ4n) is 0.797. The van der Waals surface area contributed by atoms with Gasteiger partial charge in [0.2, 0.25) is 0 Å². The molecular weight excluding hydrogens is 112 g/mol. The first-order valence-corrected chi connectivity index (χ1v) is 3.14. The van der Waals surface area contributed by atoms with Crippen LogP contribution >= 0.6 is 0 Å². The van der Waals surface area contributed by atoms with Gasteiger partial charge in [-0.05, 0) is 19.9 Å². The molecule has 0 aromatic carbocycles. The predicted molar refractivity (Wildman–Crippen MR) is 39.5 cm³/mol. The molecule has 0 aliphatic carbocycles. The third kappa shape index (κ3) is 1.31. The number of aliphatic imine (C=N–C) groups is 1. The smallest absolute Gasteiger partial charge is 0.0910 e. The zero-order valence-electron chi connectivity index (χ0n) is 6.13. The highest BCUT2D eigenvalue weighted by Crippen LogP contribution is 2.06. The lowest BCUT2D eigenvalue weighted by Gasteiger charge is -2.22. The van der Waals surface area contributed by atoms with Crippen LogP contribution in [-0.2, 0) is 0 Å². The first-order valence-electron chi connectivity index (χ1n) is 3.14. The number of hydrogen-bond acceptors (Lipinski definition) is 2. The minimum Gasteiger partial charge on any atom is -0.359 e. The molecule has 0 spiro atoms. The van der Waals surface area contributed by atoms with Crippen LogP contribution in [0.1, 0.15) is 13.8 Å². The third-order valence-corrected chi connectivity index (χ3v) is 1.57. The molecule has 9 heavy (non-hydrogen) atoms. The molecule has 2 heteroatoms. The van der Waals surface area contributed by atoms with Gasteiger partial charge in [-0.15, -0.1) is 0 Å². The second kappa shape index (κ2) is 2.21. The molecule has 0 aromatic heterocycles. The van der Waals surface area contributed by atoms with Crippen molar-refractivity contribution in [3.05, 3.63) is 11.8 Å². The summed E-state index contributed by atoms with van der Waals surface area (Å²) in [5.41, 5.74) is 1.11. The summed E-state index contributed by atoms with van der Waals surface area (Å²) in [6, 6.07) is 0.502. The summed E-state index contributed by atoms with van der Waals surface area (Å²) in [7, 11) is 2.02. The van der Waals surface area contributed by atoms with Gasteiger partial charge < -0.3 is 4.90 Å². The highest BCUT2D eigenvalue weighted by molar-refractivity contribution is 5.58. The second-order valence-corrected chi connectivity index (χ2v) is 2.46. The van der Waals surface area contributed by atoms with Crippen molar-refractivity contribution in [2.75, 3.05) is 7.05 Å². The van der Waals surface area contributed by atoms with Gasteiger partial charge in [-0.2, -0.15) is 0 Å². The van der Waals surface area contributed by atoms with Gasteiger partial charge in [0.15, 0.2) is 0 Å². The van der Waals surface area contributed by atoms with Crippen LogP contribution in [0.15, 0.2) is 16.8 Å². The molecule has 1 aliphatic heterocycles. The van der Waals surface area contributed by atoms with Gasteiger partial charge in [-0.3, -0.25) is 0 Å². The first-order chi connectivity index (χ1) is 4.20. The minimum atomic E-state index is 0.502. The van der Waals surface area contributed by atoms with Crippen LogP contribution in [0.4, 0.5) is 0 Å². The zero-order chi connectivity index (χ0) is 6.85. The van der Waals surface area contributed by atoms with E-state index in [1.807, 2.05) is 20.3 Å². The molecule has 0 bridgehead atoms. The van der Waals surface area contributed by atoms with Gasteiger partial charge in [0.05, 0.1) is 6.34 Å². The summed E-state index contributed by atoms with van der Waals surface area (Å²) in [6.07, 6.45) is 4.00. The quantitative estimate of drug-likeness (QED) is 0.474. The number of nitrogens with zero attached hydrogens (tertiary/aromatic N) is 2. The molecule has 1 atom stereocenters. The SMILES string of the molecule is CC1=CC(C)N(C)C=N1. The fraction of sp³-hybridized carbons (Fsp3) is 0.571. The topological polar surface area (TPSA) is 15.6 Å². The van der Waals surface area contributed by atoms with Gasteiger partial charge in [-0.25, -0.2) is 4.99 Å². The summed E-state index contributed by atoms with van der Waals surface area (Å²) in [4.78, 5) is 6.20. The lowest BCUT2D eigenvalue weighted by Crippen LogP contribution is -2.28. The average molecular weight is 124 g/mol. The molecule has 0 fully saturated rings. The lowest BCUT2D eigenvalue weighted by atomic mass is 10.2. The van der Waals surface area contributed by atoms with Gasteiger partial charge >= 0.3 is 0 Å². The normalized spacial score (nSPS) is 26.3. The van der Waals surface area contributed by atoms with Crippen molar-refractivity contribution in [3.8, 4) is 0 Å². The number of allylic oxidation sites excluding steroid dienone is 1. The molecule has 0 radical (unpaired) electrons. The molecule has 0 aromatic rings. The fourth-order valence-corrected chi connectivity index (χ4v) is 0.797. The molecule has 2 nitrogen and oxygen atoms in total. The van der Waals surface area contributed by atoms with Crippen LogP contribution in [0, 0.1) is 0 Å². The van der Waals surface area contributed by atoms with Crippen LogP contribution in [0.25, 0.3) is 0 Å². The Morgan fingerprint density at radius 2 is 2.33 bits per heavy atom. The third-order valence-electron chi connectivity index (χ3n) is 1.57. The van der Waals surface area contributed by atoms with Gasteiger partial charge in [0, 0.05) is 18.8 Å². The van der Waals surface area contributed by atoms with E-state index in [0.717, 1.165) is 5.70 Å². The van der Waals surface area contributed by atoms with Crippen molar-refractivity contribution >= 4 is 6.34 Å². The predicted octanol–water partition coefficient (Wildman–Crippen LogP) is 1.25. The average Bonchev–Trinajstić information content (AvgIpc) is 1.80. The van der Waals surface area contributed by atoms with Crippen molar-refractivity contribution in [2.24, 2.45) is 4.99 Å². The van der Waals surface area contributed by atoms with Gasteiger partial charge in [-0.1, -0.05) is 0 Å². The van der Waals surface area contributed by atoms with E-state index in [0.29, 0.717) is 6.04 Å². The van der Waals surface area contributed by atoms with Crippen LogP contribution in [-0.4, -0.2) is 24.3 Å². The minimum absolute atomic E-state index is 0.502. The maximum atomic E-state index is 4.12. The molecule has 1 rings (SSSR count). The van der Waals surface area contributed by atoms with Crippen molar-refractivity contribution in [1.29, 1.82) is 0 Å². The number of likely N-dealkylation sites (N-methyl/N-ethyl adjacent to an activating group) is 1. The Labute approximate surface area is 55.9 Å². The summed E-state index contributed by atoms with van der Waals surface area (Å²) in [5, 5.41) is 0. The Balaban J connectivity index is 2.70. The summed E-state index contributed by atoms with van der Waals surface area (Å²) < 4.78 is 0. The van der Waals surface area contributed by atoms with Crippen molar-refractivity contribution in [3.63, 3.8) is 0 Å². The highest BCUT2D eigenvalue weighted by atomic mass is 15.2. The molecule has 0 saturated carbocycles. The number of hydrogen-bond donors (Lipinski definition) is 0. The first kappa shape index (κ1) is 6.33. The Morgan fingerprint density at radius 1 is 1.67 bits per heavy atom.